The summed E-state index contributed by atoms with van der Waals surface area (Å²) in [5.74, 6) is -0.722. The van der Waals surface area contributed by atoms with Crippen LogP contribution in [0.2, 0.25) is 0 Å². The van der Waals surface area contributed by atoms with Crippen LogP contribution in [0.3, 0.4) is 0 Å². The van der Waals surface area contributed by atoms with Crippen LogP contribution in [0.1, 0.15) is 5.56 Å². The standard InChI is InChI=1S/C20H19FN2O4/c1-26-11-10-23-19(24)17(13-6-8-14(21)9-7-13)18(20(23)25)22-15-4-3-5-16(12-15)27-2/h3-9,12,22H,10-11H2,1-2H3. The molecule has 0 aliphatic carbocycles. The molecular formula is C20H19FN2O4. The van der Waals surface area contributed by atoms with E-state index in [-0.39, 0.29) is 24.4 Å². The molecule has 1 heterocycles. The predicted molar refractivity (Wildman–Crippen MR) is 98.5 cm³/mol. The van der Waals surface area contributed by atoms with Crippen LogP contribution in [-0.2, 0) is 14.3 Å². The molecule has 140 valence electrons. The van der Waals surface area contributed by atoms with E-state index in [9.17, 15) is 14.0 Å². The lowest BCUT2D eigenvalue weighted by Gasteiger charge is -2.14. The number of carbonyl (C=O) groups is 2. The number of methoxy groups -OCH3 is 2. The zero-order valence-corrected chi connectivity index (χ0v) is 15.0. The van der Waals surface area contributed by atoms with Gasteiger partial charge in [0.25, 0.3) is 11.8 Å². The van der Waals surface area contributed by atoms with Crippen molar-refractivity contribution in [3.05, 3.63) is 65.6 Å². The Labute approximate surface area is 156 Å². The van der Waals surface area contributed by atoms with E-state index >= 15 is 0 Å². The summed E-state index contributed by atoms with van der Waals surface area (Å²) in [7, 11) is 3.04. The van der Waals surface area contributed by atoms with Gasteiger partial charge in [0, 0.05) is 18.9 Å². The quantitative estimate of drug-likeness (QED) is 0.759. The minimum Gasteiger partial charge on any atom is -0.497 e. The first-order valence-corrected chi connectivity index (χ1v) is 8.31. The van der Waals surface area contributed by atoms with Crippen molar-refractivity contribution in [2.24, 2.45) is 0 Å². The number of anilines is 1. The van der Waals surface area contributed by atoms with Crippen molar-refractivity contribution in [2.45, 2.75) is 0 Å². The molecule has 7 heteroatoms. The topological polar surface area (TPSA) is 67.9 Å². The fraction of sp³-hybridized carbons (Fsp3) is 0.200. The van der Waals surface area contributed by atoms with Gasteiger partial charge >= 0.3 is 0 Å². The second-order valence-corrected chi connectivity index (χ2v) is 5.87. The number of imide groups is 1. The van der Waals surface area contributed by atoms with Gasteiger partial charge in [-0.25, -0.2) is 4.39 Å². The fourth-order valence-electron chi connectivity index (χ4n) is 2.81. The van der Waals surface area contributed by atoms with E-state index in [0.29, 0.717) is 17.0 Å². The summed E-state index contributed by atoms with van der Waals surface area (Å²) in [5.41, 5.74) is 1.38. The Morgan fingerprint density at radius 3 is 2.44 bits per heavy atom. The highest BCUT2D eigenvalue weighted by Crippen LogP contribution is 2.31. The largest absolute Gasteiger partial charge is 0.497 e. The minimum atomic E-state index is -0.459. The van der Waals surface area contributed by atoms with Gasteiger partial charge in [-0.1, -0.05) is 18.2 Å². The third-order valence-corrected chi connectivity index (χ3v) is 4.16. The van der Waals surface area contributed by atoms with Crippen LogP contribution in [0.4, 0.5) is 10.1 Å². The fourth-order valence-corrected chi connectivity index (χ4v) is 2.81. The summed E-state index contributed by atoms with van der Waals surface area (Å²) in [6.45, 7) is 0.350. The summed E-state index contributed by atoms with van der Waals surface area (Å²) in [5, 5.41) is 3.02. The van der Waals surface area contributed by atoms with Gasteiger partial charge in [0.15, 0.2) is 0 Å². The van der Waals surface area contributed by atoms with Crippen LogP contribution >= 0.6 is 0 Å². The smallest absolute Gasteiger partial charge is 0.278 e. The Morgan fingerprint density at radius 2 is 1.78 bits per heavy atom. The number of hydrogen-bond donors (Lipinski definition) is 1. The second-order valence-electron chi connectivity index (χ2n) is 5.87. The van der Waals surface area contributed by atoms with Crippen LogP contribution in [0.5, 0.6) is 5.75 Å². The highest BCUT2D eigenvalue weighted by Gasteiger charge is 2.38. The number of nitrogens with zero attached hydrogens (tertiary/aromatic N) is 1. The summed E-state index contributed by atoms with van der Waals surface area (Å²) in [6, 6.07) is 12.5. The molecule has 0 saturated heterocycles. The monoisotopic (exact) mass is 370 g/mol. The van der Waals surface area contributed by atoms with E-state index in [1.54, 1.807) is 31.4 Å². The van der Waals surface area contributed by atoms with Crippen molar-refractivity contribution in [1.82, 2.24) is 4.90 Å². The van der Waals surface area contributed by atoms with Crippen LogP contribution in [-0.4, -0.2) is 44.1 Å². The summed E-state index contributed by atoms with van der Waals surface area (Å²) in [6.07, 6.45) is 0. The molecule has 0 spiro atoms. The molecular weight excluding hydrogens is 351 g/mol. The lowest BCUT2D eigenvalue weighted by Crippen LogP contribution is -2.35. The number of benzene rings is 2. The number of hydrogen-bond acceptors (Lipinski definition) is 5. The van der Waals surface area contributed by atoms with Crippen molar-refractivity contribution in [3.63, 3.8) is 0 Å². The van der Waals surface area contributed by atoms with Crippen LogP contribution in [0.25, 0.3) is 5.57 Å². The number of carbonyl (C=O) groups excluding carboxylic acids is 2. The van der Waals surface area contributed by atoms with Crippen LogP contribution in [0, 0.1) is 5.82 Å². The SMILES string of the molecule is COCCN1C(=O)C(Nc2cccc(OC)c2)=C(c2ccc(F)cc2)C1=O. The second kappa shape index (κ2) is 8.01. The van der Waals surface area contributed by atoms with Gasteiger partial charge < -0.3 is 14.8 Å². The predicted octanol–water partition coefficient (Wildman–Crippen LogP) is 2.67. The summed E-state index contributed by atoms with van der Waals surface area (Å²) < 4.78 is 23.5. The molecule has 2 amide bonds. The Kier molecular flexibility index (Phi) is 5.52. The van der Waals surface area contributed by atoms with Crippen LogP contribution < -0.4 is 10.1 Å². The zero-order chi connectivity index (χ0) is 19.4. The molecule has 0 bridgehead atoms. The van der Waals surface area contributed by atoms with Crippen LogP contribution in [0.15, 0.2) is 54.2 Å². The Hall–Kier alpha value is -3.19. The van der Waals surface area contributed by atoms with E-state index in [1.165, 1.54) is 31.4 Å². The first-order chi connectivity index (χ1) is 13.0. The number of halogens is 1. The van der Waals surface area contributed by atoms with Crippen molar-refractivity contribution < 1.29 is 23.5 Å². The average Bonchev–Trinajstić information content (AvgIpc) is 2.91. The summed E-state index contributed by atoms with van der Waals surface area (Å²) >= 11 is 0. The van der Waals surface area contributed by atoms with Gasteiger partial charge in [0.1, 0.15) is 17.3 Å². The molecule has 1 aliphatic heterocycles. The Bertz CT molecular complexity index is 893. The molecule has 0 radical (unpaired) electrons. The van der Waals surface area contributed by atoms with Gasteiger partial charge in [0.2, 0.25) is 0 Å². The molecule has 0 unspecified atom stereocenters. The molecule has 3 rings (SSSR count). The van der Waals surface area contributed by atoms with E-state index in [4.69, 9.17) is 9.47 Å². The first-order valence-electron chi connectivity index (χ1n) is 8.31. The maximum absolute atomic E-state index is 13.3. The van der Waals surface area contributed by atoms with Gasteiger partial charge in [0.05, 0.1) is 25.8 Å². The van der Waals surface area contributed by atoms with Gasteiger partial charge in [-0.15, -0.1) is 0 Å². The Balaban J connectivity index is 2.02. The molecule has 2 aromatic rings. The van der Waals surface area contributed by atoms with E-state index in [2.05, 4.69) is 5.32 Å². The van der Waals surface area contributed by atoms with Gasteiger partial charge in [-0.3, -0.25) is 14.5 Å². The number of ether oxygens (including phenoxy) is 2. The third kappa shape index (κ3) is 3.83. The zero-order valence-electron chi connectivity index (χ0n) is 15.0. The normalized spacial score (nSPS) is 14.1. The van der Waals surface area contributed by atoms with E-state index < -0.39 is 17.6 Å². The molecule has 1 aliphatic rings. The average molecular weight is 370 g/mol. The van der Waals surface area contributed by atoms with Gasteiger partial charge in [-0.05, 0) is 29.8 Å². The van der Waals surface area contributed by atoms with E-state index in [0.717, 1.165) is 4.90 Å². The third-order valence-electron chi connectivity index (χ3n) is 4.16. The maximum atomic E-state index is 13.3. The molecule has 2 aromatic carbocycles. The molecule has 0 saturated carbocycles. The molecule has 6 nitrogen and oxygen atoms in total. The number of rotatable bonds is 7. The van der Waals surface area contributed by atoms with Crippen molar-refractivity contribution >= 4 is 23.1 Å². The highest BCUT2D eigenvalue weighted by molar-refractivity contribution is 6.36. The molecule has 0 atom stereocenters. The molecule has 1 N–H and O–H groups in total. The highest BCUT2D eigenvalue weighted by atomic mass is 19.1. The molecule has 0 fully saturated rings. The molecule has 27 heavy (non-hydrogen) atoms. The number of nitrogens with one attached hydrogen (secondary N) is 1. The lowest BCUT2D eigenvalue weighted by atomic mass is 10.0. The van der Waals surface area contributed by atoms with E-state index in [1.807, 2.05) is 0 Å². The minimum absolute atomic E-state index is 0.127. The maximum Gasteiger partial charge on any atom is 0.278 e. The van der Waals surface area contributed by atoms with Gasteiger partial charge in [-0.2, -0.15) is 0 Å². The lowest BCUT2D eigenvalue weighted by molar-refractivity contribution is -0.137. The Morgan fingerprint density at radius 1 is 1.04 bits per heavy atom. The van der Waals surface area contributed by atoms with Crippen molar-refractivity contribution in [2.75, 3.05) is 32.7 Å². The first kappa shape index (κ1) is 18.6. The van der Waals surface area contributed by atoms with Crippen molar-refractivity contribution in [3.8, 4) is 5.75 Å². The number of amides is 2. The summed E-state index contributed by atoms with van der Waals surface area (Å²) in [4.78, 5) is 26.8. The van der Waals surface area contributed by atoms with Crippen molar-refractivity contribution in [1.29, 1.82) is 0 Å². The molecule has 0 aromatic heterocycles.